The molecule has 2 fully saturated rings. The molecule has 7 heteroatoms. The fraction of sp³-hybridized carbons (Fsp3) is 0.938. The van der Waals surface area contributed by atoms with E-state index in [9.17, 15) is 13.2 Å². The van der Waals surface area contributed by atoms with Gasteiger partial charge in [-0.2, -0.15) is 4.31 Å². The summed E-state index contributed by atoms with van der Waals surface area (Å²) >= 11 is 0. The summed E-state index contributed by atoms with van der Waals surface area (Å²) < 4.78 is 25.9. The summed E-state index contributed by atoms with van der Waals surface area (Å²) in [5, 5.41) is 2.94. The molecule has 0 spiro atoms. The van der Waals surface area contributed by atoms with Crippen LogP contribution in [0.25, 0.3) is 0 Å². The minimum absolute atomic E-state index is 0.124. The van der Waals surface area contributed by atoms with E-state index in [2.05, 4.69) is 10.2 Å². The minimum Gasteiger partial charge on any atom is -0.355 e. The highest BCUT2D eigenvalue weighted by atomic mass is 32.2. The van der Waals surface area contributed by atoms with Crippen LogP contribution in [0.5, 0.6) is 0 Å². The molecule has 23 heavy (non-hydrogen) atoms. The number of hydrogen-bond donors (Lipinski definition) is 1. The average molecular weight is 346 g/mol. The largest absolute Gasteiger partial charge is 0.355 e. The zero-order valence-corrected chi connectivity index (χ0v) is 15.1. The highest BCUT2D eigenvalue weighted by Crippen LogP contribution is 2.22. The van der Waals surface area contributed by atoms with Crippen LogP contribution in [-0.2, 0) is 14.8 Å². The van der Waals surface area contributed by atoms with Crippen molar-refractivity contribution in [1.82, 2.24) is 14.5 Å². The van der Waals surface area contributed by atoms with Gasteiger partial charge < -0.3 is 10.2 Å². The summed E-state index contributed by atoms with van der Waals surface area (Å²) in [4.78, 5) is 14.8. The number of likely N-dealkylation sites (tertiary alicyclic amines) is 1. The van der Waals surface area contributed by atoms with E-state index in [1.165, 1.54) is 36.7 Å². The maximum atomic E-state index is 12.3. The number of nitrogens with one attached hydrogen (secondary N) is 1. The van der Waals surface area contributed by atoms with Gasteiger partial charge in [0.05, 0.1) is 5.75 Å². The molecular formula is C16H31N3O3S. The Morgan fingerprint density at radius 1 is 1.13 bits per heavy atom. The van der Waals surface area contributed by atoms with Crippen LogP contribution in [0.1, 0.15) is 51.9 Å². The van der Waals surface area contributed by atoms with Gasteiger partial charge in [0.15, 0.2) is 0 Å². The second-order valence-electron chi connectivity index (χ2n) is 6.63. The predicted octanol–water partition coefficient (Wildman–Crippen LogP) is 1.18. The van der Waals surface area contributed by atoms with Gasteiger partial charge in [0.25, 0.3) is 0 Å². The molecule has 134 valence electrons. The summed E-state index contributed by atoms with van der Waals surface area (Å²) in [7, 11) is -3.29. The number of nitrogens with zero attached hydrogens (tertiary/aromatic N) is 2. The van der Waals surface area contributed by atoms with Gasteiger partial charge >= 0.3 is 0 Å². The molecule has 0 aromatic carbocycles. The maximum Gasteiger partial charge on any atom is 0.238 e. The standard InChI is InChI=1S/C16H31N3O3S/c1-2-14-23(21,22)19-13-6-8-15(19)16(20)17-9-7-12-18-10-4-3-5-11-18/h15H,2-14H2,1H3,(H,17,20). The zero-order valence-electron chi connectivity index (χ0n) is 14.3. The van der Waals surface area contributed by atoms with Crippen molar-refractivity contribution in [3.8, 4) is 0 Å². The lowest BCUT2D eigenvalue weighted by Crippen LogP contribution is -2.47. The van der Waals surface area contributed by atoms with E-state index >= 15 is 0 Å². The first kappa shape index (κ1) is 18.7. The van der Waals surface area contributed by atoms with Crippen LogP contribution in [0, 0.1) is 0 Å². The van der Waals surface area contributed by atoms with Crippen molar-refractivity contribution in [2.45, 2.75) is 57.9 Å². The van der Waals surface area contributed by atoms with Gasteiger partial charge in [0.1, 0.15) is 6.04 Å². The van der Waals surface area contributed by atoms with Gasteiger partial charge in [-0.3, -0.25) is 4.79 Å². The van der Waals surface area contributed by atoms with E-state index in [4.69, 9.17) is 0 Å². The topological polar surface area (TPSA) is 69.7 Å². The quantitative estimate of drug-likeness (QED) is 0.671. The Hall–Kier alpha value is -0.660. The van der Waals surface area contributed by atoms with Gasteiger partial charge in [0, 0.05) is 13.1 Å². The van der Waals surface area contributed by atoms with Gasteiger partial charge in [-0.25, -0.2) is 8.42 Å². The zero-order chi connectivity index (χ0) is 16.7. The molecule has 2 heterocycles. The fourth-order valence-electron chi connectivity index (χ4n) is 3.53. The summed E-state index contributed by atoms with van der Waals surface area (Å²) in [6.07, 6.45) is 6.81. The second kappa shape index (κ2) is 8.99. The second-order valence-corrected chi connectivity index (χ2v) is 8.67. The van der Waals surface area contributed by atoms with E-state index < -0.39 is 16.1 Å². The van der Waals surface area contributed by atoms with E-state index in [0.29, 0.717) is 25.9 Å². The van der Waals surface area contributed by atoms with Gasteiger partial charge in [-0.15, -0.1) is 0 Å². The highest BCUT2D eigenvalue weighted by molar-refractivity contribution is 7.89. The average Bonchev–Trinajstić information content (AvgIpc) is 3.03. The van der Waals surface area contributed by atoms with Crippen LogP contribution in [-0.4, -0.2) is 68.0 Å². The molecule has 0 bridgehead atoms. The number of hydrogen-bond acceptors (Lipinski definition) is 4. The first-order chi connectivity index (χ1) is 11.0. The molecule has 1 atom stereocenters. The molecular weight excluding hydrogens is 314 g/mol. The van der Waals surface area contributed by atoms with Crippen molar-refractivity contribution >= 4 is 15.9 Å². The van der Waals surface area contributed by atoms with Crippen LogP contribution < -0.4 is 5.32 Å². The Balaban J connectivity index is 1.73. The lowest BCUT2D eigenvalue weighted by Gasteiger charge is -2.26. The van der Waals surface area contributed by atoms with Gasteiger partial charge in [-0.1, -0.05) is 13.3 Å². The third-order valence-corrected chi connectivity index (χ3v) is 6.80. The molecule has 6 nitrogen and oxygen atoms in total. The highest BCUT2D eigenvalue weighted by Gasteiger charge is 2.37. The normalized spacial score (nSPS) is 24.0. The SMILES string of the molecule is CCCS(=O)(=O)N1CCCC1C(=O)NCCCN1CCCCC1. The molecule has 0 aromatic rings. The van der Waals surface area contributed by atoms with Crippen LogP contribution >= 0.6 is 0 Å². The van der Waals surface area contributed by atoms with Crippen LogP contribution in [0.2, 0.25) is 0 Å². The molecule has 0 radical (unpaired) electrons. The monoisotopic (exact) mass is 345 g/mol. The fourth-order valence-corrected chi connectivity index (χ4v) is 5.27. The molecule has 0 saturated carbocycles. The van der Waals surface area contributed by atoms with E-state index in [0.717, 1.165) is 19.4 Å². The lowest BCUT2D eigenvalue weighted by molar-refractivity contribution is -0.124. The number of amides is 1. The van der Waals surface area contributed by atoms with Crippen molar-refractivity contribution in [1.29, 1.82) is 0 Å². The maximum absolute atomic E-state index is 12.3. The van der Waals surface area contributed by atoms with Crippen molar-refractivity contribution in [2.24, 2.45) is 0 Å². The molecule has 2 rings (SSSR count). The van der Waals surface area contributed by atoms with Crippen molar-refractivity contribution < 1.29 is 13.2 Å². The van der Waals surface area contributed by atoms with E-state index in [-0.39, 0.29) is 11.7 Å². The first-order valence-electron chi connectivity index (χ1n) is 9.04. The number of carbonyl (C=O) groups excluding carboxylic acids is 1. The minimum atomic E-state index is -3.29. The number of sulfonamides is 1. The van der Waals surface area contributed by atoms with Crippen LogP contribution in [0.15, 0.2) is 0 Å². The Labute approximate surface area is 140 Å². The smallest absolute Gasteiger partial charge is 0.238 e. The summed E-state index contributed by atoms with van der Waals surface area (Å²) in [6, 6.07) is -0.499. The van der Waals surface area contributed by atoms with Crippen LogP contribution in [0.3, 0.4) is 0 Å². The third-order valence-electron chi connectivity index (χ3n) is 4.72. The van der Waals surface area contributed by atoms with Crippen molar-refractivity contribution in [3.05, 3.63) is 0 Å². The third kappa shape index (κ3) is 5.43. The molecule has 0 aliphatic carbocycles. The Bertz CT molecular complexity index is 475. The Morgan fingerprint density at radius 3 is 2.57 bits per heavy atom. The van der Waals surface area contributed by atoms with Crippen molar-refractivity contribution in [2.75, 3.05) is 38.5 Å². The summed E-state index contributed by atoms with van der Waals surface area (Å²) in [6.45, 7) is 6.31. The number of piperidine rings is 1. The van der Waals surface area contributed by atoms with Gasteiger partial charge in [0.2, 0.25) is 15.9 Å². The summed E-state index contributed by atoms with van der Waals surface area (Å²) in [5.74, 6) is 0.00646. The predicted molar refractivity (Wildman–Crippen MR) is 91.7 cm³/mol. The Kier molecular flexibility index (Phi) is 7.30. The van der Waals surface area contributed by atoms with E-state index in [1.54, 1.807) is 0 Å². The van der Waals surface area contributed by atoms with Gasteiger partial charge in [-0.05, 0) is 58.2 Å². The molecule has 2 aliphatic rings. The van der Waals surface area contributed by atoms with E-state index in [1.807, 2.05) is 6.92 Å². The summed E-state index contributed by atoms with van der Waals surface area (Å²) in [5.41, 5.74) is 0. The molecule has 0 aromatic heterocycles. The number of rotatable bonds is 8. The Morgan fingerprint density at radius 2 is 1.87 bits per heavy atom. The first-order valence-corrected chi connectivity index (χ1v) is 10.6. The molecule has 1 amide bonds. The van der Waals surface area contributed by atoms with Crippen LogP contribution in [0.4, 0.5) is 0 Å². The lowest BCUT2D eigenvalue weighted by atomic mass is 10.1. The number of carbonyl (C=O) groups is 1. The molecule has 1 unspecified atom stereocenters. The molecule has 2 saturated heterocycles. The molecule has 1 N–H and O–H groups in total. The van der Waals surface area contributed by atoms with Crippen molar-refractivity contribution in [3.63, 3.8) is 0 Å². The molecule has 2 aliphatic heterocycles.